The second-order valence-electron chi connectivity index (χ2n) is 2.98. The Morgan fingerprint density at radius 1 is 1.59 bits per heavy atom. The molecular formula is C8H11N7O2. The predicted octanol–water partition coefficient (Wildman–Crippen LogP) is -0.0217. The van der Waals surface area contributed by atoms with Crippen molar-refractivity contribution < 1.29 is 9.53 Å². The van der Waals surface area contributed by atoms with E-state index >= 15 is 0 Å². The van der Waals surface area contributed by atoms with E-state index in [0.717, 1.165) is 0 Å². The van der Waals surface area contributed by atoms with Crippen molar-refractivity contribution >= 4 is 23.5 Å². The molecule has 0 saturated heterocycles. The average molecular weight is 237 g/mol. The molecule has 2 heterocycles. The van der Waals surface area contributed by atoms with Gasteiger partial charge in [0.15, 0.2) is 5.82 Å². The van der Waals surface area contributed by atoms with Crippen molar-refractivity contribution in [3.8, 4) is 0 Å². The van der Waals surface area contributed by atoms with Crippen molar-refractivity contribution in [1.82, 2.24) is 19.6 Å². The Hall–Kier alpha value is -2.42. The fourth-order valence-electron chi connectivity index (χ4n) is 1.27. The molecule has 0 aliphatic carbocycles. The van der Waals surface area contributed by atoms with Gasteiger partial charge in [0.25, 0.3) is 0 Å². The number of hydrazine groups is 1. The van der Waals surface area contributed by atoms with Crippen LogP contribution < -0.4 is 16.6 Å². The third-order valence-corrected chi connectivity index (χ3v) is 1.95. The summed E-state index contributed by atoms with van der Waals surface area (Å²) in [6, 6.07) is 0. The molecular weight excluding hydrogens is 226 g/mol. The summed E-state index contributed by atoms with van der Waals surface area (Å²) < 4.78 is 6.26. The Morgan fingerprint density at radius 2 is 2.41 bits per heavy atom. The quantitative estimate of drug-likeness (QED) is 0.506. The summed E-state index contributed by atoms with van der Waals surface area (Å²) in [5.74, 6) is 5.86. The van der Waals surface area contributed by atoms with E-state index < -0.39 is 6.09 Å². The molecule has 0 fully saturated rings. The summed E-state index contributed by atoms with van der Waals surface area (Å²) in [5.41, 5.74) is 2.79. The fourth-order valence-corrected chi connectivity index (χ4v) is 1.27. The lowest BCUT2D eigenvalue weighted by molar-refractivity contribution is 0.167. The van der Waals surface area contributed by atoms with Gasteiger partial charge in [0.2, 0.25) is 11.6 Å². The van der Waals surface area contributed by atoms with E-state index in [1.54, 1.807) is 13.1 Å². The van der Waals surface area contributed by atoms with Gasteiger partial charge >= 0.3 is 6.09 Å². The molecule has 2 aromatic rings. The predicted molar refractivity (Wildman–Crippen MR) is 59.2 cm³/mol. The van der Waals surface area contributed by atoms with Crippen molar-refractivity contribution in [2.75, 3.05) is 17.3 Å². The standard InChI is InChI=1S/C8H11N7O2/c1-2-17-8(16)11-7-14-13-6-5(12-9)10-3-4-15(6)7/h3-4H,2,9H2,1H3,(H,10,12)(H,11,14,16). The molecule has 0 aliphatic heterocycles. The summed E-state index contributed by atoms with van der Waals surface area (Å²) in [4.78, 5) is 15.2. The molecule has 4 N–H and O–H groups in total. The van der Waals surface area contributed by atoms with E-state index in [9.17, 15) is 4.79 Å². The molecule has 0 saturated carbocycles. The van der Waals surface area contributed by atoms with Crippen LogP contribution in [0.5, 0.6) is 0 Å². The first-order valence-electron chi connectivity index (χ1n) is 4.86. The Labute approximate surface area is 96.0 Å². The summed E-state index contributed by atoms with van der Waals surface area (Å²) in [5, 5.41) is 10.1. The van der Waals surface area contributed by atoms with Gasteiger partial charge in [-0.3, -0.25) is 9.72 Å². The first-order valence-corrected chi connectivity index (χ1v) is 4.86. The third-order valence-electron chi connectivity index (χ3n) is 1.95. The minimum absolute atomic E-state index is 0.234. The smallest absolute Gasteiger partial charge is 0.414 e. The van der Waals surface area contributed by atoms with Crippen LogP contribution in [0.3, 0.4) is 0 Å². The van der Waals surface area contributed by atoms with Gasteiger partial charge in [0.05, 0.1) is 6.61 Å². The molecule has 0 spiro atoms. The van der Waals surface area contributed by atoms with E-state index in [4.69, 9.17) is 10.6 Å². The molecule has 9 heteroatoms. The maximum atomic E-state index is 11.2. The van der Waals surface area contributed by atoms with Gasteiger partial charge in [0, 0.05) is 12.4 Å². The molecule has 2 aromatic heterocycles. The maximum Gasteiger partial charge on any atom is 0.414 e. The zero-order valence-corrected chi connectivity index (χ0v) is 9.04. The monoisotopic (exact) mass is 237 g/mol. The van der Waals surface area contributed by atoms with E-state index in [0.29, 0.717) is 11.5 Å². The number of aromatic nitrogens is 4. The molecule has 0 aromatic carbocycles. The number of anilines is 2. The zero-order chi connectivity index (χ0) is 12.3. The number of hydrogen-bond acceptors (Lipinski definition) is 7. The molecule has 0 radical (unpaired) electrons. The highest BCUT2D eigenvalue weighted by atomic mass is 16.5. The number of carbonyl (C=O) groups excluding carboxylic acids is 1. The highest BCUT2D eigenvalue weighted by Crippen LogP contribution is 2.13. The molecule has 9 nitrogen and oxygen atoms in total. The molecule has 0 aliphatic rings. The Morgan fingerprint density at radius 3 is 3.12 bits per heavy atom. The lowest BCUT2D eigenvalue weighted by Gasteiger charge is -2.03. The van der Waals surface area contributed by atoms with Gasteiger partial charge in [-0.05, 0) is 6.92 Å². The SMILES string of the molecule is CCOC(=O)Nc1nnc2c(NN)nccn12. The second-order valence-corrected chi connectivity index (χ2v) is 2.98. The third kappa shape index (κ3) is 2.08. The van der Waals surface area contributed by atoms with Crippen LogP contribution in [-0.2, 0) is 4.74 Å². The van der Waals surface area contributed by atoms with Crippen molar-refractivity contribution in [3.05, 3.63) is 12.4 Å². The van der Waals surface area contributed by atoms with Gasteiger partial charge in [-0.25, -0.2) is 15.6 Å². The lowest BCUT2D eigenvalue weighted by Crippen LogP contribution is -2.15. The Kier molecular flexibility index (Phi) is 3.01. The number of hydrogen-bond donors (Lipinski definition) is 3. The highest BCUT2D eigenvalue weighted by Gasteiger charge is 2.12. The van der Waals surface area contributed by atoms with Gasteiger partial charge < -0.3 is 10.2 Å². The van der Waals surface area contributed by atoms with Gasteiger partial charge in [0.1, 0.15) is 0 Å². The van der Waals surface area contributed by atoms with E-state index in [1.807, 2.05) is 0 Å². The number of carbonyl (C=O) groups is 1. The number of rotatable bonds is 3. The van der Waals surface area contributed by atoms with Crippen LogP contribution in [0.1, 0.15) is 6.92 Å². The molecule has 0 bridgehead atoms. The number of fused-ring (bicyclic) bond motifs is 1. The van der Waals surface area contributed by atoms with Crippen LogP contribution in [0.2, 0.25) is 0 Å². The molecule has 0 unspecified atom stereocenters. The molecule has 0 atom stereocenters. The van der Waals surface area contributed by atoms with Crippen LogP contribution in [0.15, 0.2) is 12.4 Å². The molecule has 17 heavy (non-hydrogen) atoms. The normalized spacial score (nSPS) is 10.2. The summed E-state index contributed by atoms with van der Waals surface area (Å²) in [6.07, 6.45) is 2.50. The minimum atomic E-state index is -0.596. The fraction of sp³-hybridized carbons (Fsp3) is 0.250. The summed E-state index contributed by atoms with van der Waals surface area (Å²) >= 11 is 0. The largest absolute Gasteiger partial charge is 0.450 e. The van der Waals surface area contributed by atoms with Crippen LogP contribution in [0, 0.1) is 0 Å². The van der Waals surface area contributed by atoms with Gasteiger partial charge in [-0.15, -0.1) is 10.2 Å². The molecule has 90 valence electrons. The zero-order valence-electron chi connectivity index (χ0n) is 9.04. The first kappa shape index (κ1) is 11.1. The molecule has 1 amide bonds. The summed E-state index contributed by atoms with van der Waals surface area (Å²) in [7, 11) is 0. The number of nitrogens with one attached hydrogen (secondary N) is 2. The van der Waals surface area contributed by atoms with Crippen LogP contribution in [-0.4, -0.2) is 32.3 Å². The van der Waals surface area contributed by atoms with E-state index in [-0.39, 0.29) is 12.6 Å². The number of nitrogens with two attached hydrogens (primary N) is 1. The van der Waals surface area contributed by atoms with Crippen molar-refractivity contribution in [2.24, 2.45) is 5.84 Å². The minimum Gasteiger partial charge on any atom is -0.450 e. The topological polar surface area (TPSA) is 119 Å². The number of ether oxygens (including phenoxy) is 1. The number of nitrogens with zero attached hydrogens (tertiary/aromatic N) is 4. The number of amides is 1. The maximum absolute atomic E-state index is 11.2. The Bertz CT molecular complexity index is 538. The Balaban J connectivity index is 2.33. The van der Waals surface area contributed by atoms with E-state index in [1.165, 1.54) is 10.6 Å². The van der Waals surface area contributed by atoms with Gasteiger partial charge in [-0.2, -0.15) is 0 Å². The van der Waals surface area contributed by atoms with E-state index in [2.05, 4.69) is 25.9 Å². The van der Waals surface area contributed by atoms with Crippen LogP contribution in [0.25, 0.3) is 5.65 Å². The van der Waals surface area contributed by atoms with Crippen molar-refractivity contribution in [1.29, 1.82) is 0 Å². The summed E-state index contributed by atoms with van der Waals surface area (Å²) in [6.45, 7) is 1.99. The van der Waals surface area contributed by atoms with Crippen molar-refractivity contribution in [3.63, 3.8) is 0 Å². The number of nitrogen functional groups attached to an aromatic ring is 1. The van der Waals surface area contributed by atoms with Crippen molar-refractivity contribution in [2.45, 2.75) is 6.92 Å². The highest BCUT2D eigenvalue weighted by molar-refractivity contribution is 5.83. The first-order chi connectivity index (χ1) is 8.26. The van der Waals surface area contributed by atoms with Crippen LogP contribution in [0.4, 0.5) is 16.6 Å². The van der Waals surface area contributed by atoms with Gasteiger partial charge in [-0.1, -0.05) is 0 Å². The second kappa shape index (κ2) is 4.61. The molecule has 2 rings (SSSR count). The van der Waals surface area contributed by atoms with Crippen LogP contribution >= 0.6 is 0 Å². The average Bonchev–Trinajstić information content (AvgIpc) is 2.73. The lowest BCUT2D eigenvalue weighted by atomic mass is 10.6.